The summed E-state index contributed by atoms with van der Waals surface area (Å²) >= 11 is 0. The summed E-state index contributed by atoms with van der Waals surface area (Å²) in [6.07, 6.45) is 3.24. The molecule has 33 heavy (non-hydrogen) atoms. The molecule has 1 atom stereocenters. The van der Waals surface area contributed by atoms with Crippen molar-refractivity contribution in [1.29, 1.82) is 0 Å². The lowest BCUT2D eigenvalue weighted by atomic mass is 9.97. The van der Waals surface area contributed by atoms with E-state index in [1.54, 1.807) is 6.07 Å². The topological polar surface area (TPSA) is 102 Å². The number of imidazole rings is 1. The highest BCUT2D eigenvalue weighted by Crippen LogP contribution is 2.36. The second-order valence-electron chi connectivity index (χ2n) is 9.68. The van der Waals surface area contributed by atoms with Crippen molar-refractivity contribution in [3.63, 3.8) is 0 Å². The number of nitrogens with zero attached hydrogens (tertiary/aromatic N) is 4. The molecule has 8 heteroatoms. The molecule has 0 bridgehead atoms. The Labute approximate surface area is 191 Å². The summed E-state index contributed by atoms with van der Waals surface area (Å²) in [6, 6.07) is 9.52. The fraction of sp³-hybridized carbons (Fsp3) is 0.400. The van der Waals surface area contributed by atoms with Crippen molar-refractivity contribution >= 4 is 28.0 Å². The van der Waals surface area contributed by atoms with E-state index >= 15 is 0 Å². The van der Waals surface area contributed by atoms with Gasteiger partial charge >= 0.3 is 0 Å². The van der Waals surface area contributed by atoms with Crippen LogP contribution in [0.3, 0.4) is 0 Å². The fourth-order valence-corrected chi connectivity index (χ4v) is 5.06. The number of aryl methyl sites for hydroxylation is 1. The van der Waals surface area contributed by atoms with Crippen molar-refractivity contribution < 1.29 is 4.79 Å². The first kappa shape index (κ1) is 20.2. The van der Waals surface area contributed by atoms with Crippen molar-refractivity contribution in [2.24, 2.45) is 18.7 Å². The van der Waals surface area contributed by atoms with E-state index in [9.17, 15) is 9.59 Å². The van der Waals surface area contributed by atoms with Crippen molar-refractivity contribution in [2.75, 3.05) is 13.1 Å². The van der Waals surface area contributed by atoms with Gasteiger partial charge in [0.1, 0.15) is 5.65 Å². The molecule has 4 aromatic rings. The summed E-state index contributed by atoms with van der Waals surface area (Å²) in [5.41, 5.74) is 11.3. The molecule has 1 aliphatic heterocycles. The zero-order chi connectivity index (χ0) is 22.9. The normalized spacial score (nSPS) is 17.2. The van der Waals surface area contributed by atoms with Gasteiger partial charge in [0.05, 0.1) is 16.7 Å². The first-order valence-electron chi connectivity index (χ1n) is 11.7. The third kappa shape index (κ3) is 3.36. The zero-order valence-corrected chi connectivity index (χ0v) is 19.0. The molecule has 0 radical (unpaired) electrons. The number of hydrogen-bond donors (Lipinski definition) is 2. The number of fused-ring (bicyclic) bond motifs is 3. The van der Waals surface area contributed by atoms with Crippen molar-refractivity contribution in [1.82, 2.24) is 24.0 Å². The molecule has 1 fully saturated rings. The Balaban J connectivity index is 1.49. The zero-order valence-electron chi connectivity index (χ0n) is 19.0. The highest BCUT2D eigenvalue weighted by Gasteiger charge is 2.28. The van der Waals surface area contributed by atoms with Gasteiger partial charge in [-0.2, -0.15) is 0 Å². The van der Waals surface area contributed by atoms with E-state index in [1.165, 1.54) is 12.8 Å². The fourth-order valence-electron chi connectivity index (χ4n) is 5.06. The highest BCUT2D eigenvalue weighted by molar-refractivity contribution is 6.00. The number of carbonyl (C=O) groups excluding carboxylic acids is 1. The van der Waals surface area contributed by atoms with Crippen LogP contribution in [0.1, 0.15) is 35.7 Å². The average Bonchev–Trinajstić information content (AvgIpc) is 3.46. The average molecular weight is 445 g/mol. The van der Waals surface area contributed by atoms with Gasteiger partial charge < -0.3 is 24.8 Å². The largest absolute Gasteiger partial charge is 0.337 e. The van der Waals surface area contributed by atoms with Gasteiger partial charge in [0.15, 0.2) is 5.82 Å². The predicted molar refractivity (Wildman–Crippen MR) is 128 cm³/mol. The van der Waals surface area contributed by atoms with Gasteiger partial charge in [-0.15, -0.1) is 0 Å². The molecule has 2 aliphatic rings. The van der Waals surface area contributed by atoms with Gasteiger partial charge in [-0.1, -0.05) is 0 Å². The van der Waals surface area contributed by atoms with Crippen LogP contribution in [0.5, 0.6) is 0 Å². The Hall–Kier alpha value is -3.39. The lowest BCUT2D eigenvalue weighted by Gasteiger charge is -2.29. The molecule has 0 saturated heterocycles. The lowest BCUT2D eigenvalue weighted by molar-refractivity contribution is 0.0732. The highest BCUT2D eigenvalue weighted by atomic mass is 16.2. The van der Waals surface area contributed by atoms with Crippen LogP contribution in [-0.2, 0) is 20.0 Å². The van der Waals surface area contributed by atoms with Gasteiger partial charge in [-0.05, 0) is 61.9 Å². The number of aromatic nitrogens is 4. The Morgan fingerprint density at radius 2 is 2.03 bits per heavy atom. The van der Waals surface area contributed by atoms with Crippen molar-refractivity contribution in [3.8, 4) is 11.5 Å². The van der Waals surface area contributed by atoms with Crippen LogP contribution in [0.25, 0.3) is 33.6 Å². The second kappa shape index (κ2) is 7.31. The predicted octanol–water partition coefficient (Wildman–Crippen LogP) is 2.64. The number of carbonyl (C=O) groups is 1. The van der Waals surface area contributed by atoms with E-state index in [4.69, 9.17) is 10.7 Å². The molecular formula is C25H28N6O2. The van der Waals surface area contributed by atoms with Gasteiger partial charge in [0.25, 0.3) is 5.91 Å². The van der Waals surface area contributed by atoms with Crippen LogP contribution >= 0.6 is 0 Å². The number of nitrogens with two attached hydrogens (primary N) is 1. The lowest BCUT2D eigenvalue weighted by Crippen LogP contribution is -2.43. The van der Waals surface area contributed by atoms with E-state index in [-0.39, 0.29) is 17.5 Å². The molecule has 1 saturated carbocycles. The van der Waals surface area contributed by atoms with Gasteiger partial charge in [0, 0.05) is 49.7 Å². The molecule has 1 amide bonds. The van der Waals surface area contributed by atoms with Crippen molar-refractivity contribution in [3.05, 3.63) is 51.8 Å². The van der Waals surface area contributed by atoms with Crippen LogP contribution in [0.4, 0.5) is 0 Å². The number of H-pyrrole nitrogens is 1. The number of nitrogens with one attached hydrogen (secondary N) is 1. The van der Waals surface area contributed by atoms with Crippen molar-refractivity contribution in [2.45, 2.75) is 38.8 Å². The van der Waals surface area contributed by atoms with E-state index in [1.807, 2.05) is 31.0 Å². The van der Waals surface area contributed by atoms with Gasteiger partial charge in [0.2, 0.25) is 5.56 Å². The van der Waals surface area contributed by atoms with Crippen LogP contribution in [0.2, 0.25) is 0 Å². The Bertz CT molecular complexity index is 1470. The first-order valence-corrected chi connectivity index (χ1v) is 11.7. The summed E-state index contributed by atoms with van der Waals surface area (Å²) in [7, 11) is 2.02. The molecule has 4 heterocycles. The molecular weight excluding hydrogens is 416 g/mol. The monoisotopic (exact) mass is 444 g/mol. The Morgan fingerprint density at radius 1 is 1.21 bits per heavy atom. The maximum atomic E-state index is 13.1. The molecule has 8 nitrogen and oxygen atoms in total. The summed E-state index contributed by atoms with van der Waals surface area (Å²) in [4.78, 5) is 34.9. The third-order valence-electron chi connectivity index (χ3n) is 6.93. The Kier molecular flexibility index (Phi) is 4.48. The summed E-state index contributed by atoms with van der Waals surface area (Å²) in [6.45, 7) is 4.03. The van der Waals surface area contributed by atoms with Gasteiger partial charge in [-0.3, -0.25) is 9.59 Å². The maximum Gasteiger partial charge on any atom is 0.254 e. The maximum absolute atomic E-state index is 13.1. The van der Waals surface area contributed by atoms with E-state index in [0.717, 1.165) is 57.7 Å². The van der Waals surface area contributed by atoms with Crippen LogP contribution in [0.15, 0.2) is 35.1 Å². The van der Waals surface area contributed by atoms with E-state index in [2.05, 4.69) is 26.3 Å². The van der Waals surface area contributed by atoms with Crippen LogP contribution in [0, 0.1) is 5.92 Å². The number of aromatic amines is 1. The minimum atomic E-state index is -0.100. The number of hydrogen-bond acceptors (Lipinski definition) is 4. The number of pyridine rings is 1. The molecule has 3 aromatic heterocycles. The third-order valence-corrected chi connectivity index (χ3v) is 6.93. The summed E-state index contributed by atoms with van der Waals surface area (Å²) in [5, 5.41) is 0.998. The quantitative estimate of drug-likeness (QED) is 0.494. The SMILES string of the molecule is CC(N)CN1CCc2cc3c(cc2C1=O)nc(-c1cc2ccc(=O)[nH]c2n1CC1CC1)n3C. The molecule has 0 spiro atoms. The minimum Gasteiger partial charge on any atom is -0.337 e. The van der Waals surface area contributed by atoms with E-state index < -0.39 is 0 Å². The summed E-state index contributed by atoms with van der Waals surface area (Å²) in [5.74, 6) is 1.51. The molecule has 6 rings (SSSR count). The Morgan fingerprint density at radius 3 is 2.79 bits per heavy atom. The molecule has 170 valence electrons. The van der Waals surface area contributed by atoms with Crippen LogP contribution < -0.4 is 11.3 Å². The van der Waals surface area contributed by atoms with E-state index in [0.29, 0.717) is 19.0 Å². The molecule has 1 aliphatic carbocycles. The number of benzene rings is 1. The minimum absolute atomic E-state index is 0.0306. The molecule has 1 unspecified atom stereocenters. The first-order chi connectivity index (χ1) is 15.9. The number of rotatable bonds is 5. The van der Waals surface area contributed by atoms with Crippen LogP contribution in [-0.4, -0.2) is 49.0 Å². The number of amides is 1. The van der Waals surface area contributed by atoms with Gasteiger partial charge in [-0.25, -0.2) is 4.98 Å². The smallest absolute Gasteiger partial charge is 0.254 e. The standard InChI is InChI=1S/C25H28N6O2/c1-14(26)12-30-8-7-16-9-20-19(11-18(16)25(30)33)27-24(29(20)2)21-10-17-5-6-22(32)28-23(17)31(21)13-15-3-4-15/h5-6,9-11,14-15H,3-4,7-8,12-13,26H2,1-2H3,(H,28,32). The molecule has 3 N–H and O–H groups in total. The molecule has 1 aromatic carbocycles. The summed E-state index contributed by atoms with van der Waals surface area (Å²) < 4.78 is 4.30. The second-order valence-corrected chi connectivity index (χ2v) is 9.68.